The van der Waals surface area contributed by atoms with Crippen molar-refractivity contribution in [2.45, 2.75) is 37.6 Å². The largest absolute Gasteiger partial charge is 0.354 e. The maximum Gasteiger partial charge on any atom is 0.354 e. The molecule has 7 nitrogen and oxygen atoms in total. The van der Waals surface area contributed by atoms with Gasteiger partial charge < -0.3 is 19.6 Å². The van der Waals surface area contributed by atoms with Gasteiger partial charge in [-0.25, -0.2) is 0 Å². The third kappa shape index (κ3) is 3.60. The molecule has 4 N–H and O–H groups in total. The highest BCUT2D eigenvalue weighted by Crippen LogP contribution is 2.62. The lowest BCUT2D eigenvalue weighted by atomic mass is 9.71. The molecule has 1 saturated heterocycles. The second-order valence-electron chi connectivity index (χ2n) is 5.81. The predicted molar refractivity (Wildman–Crippen MR) is 74.1 cm³/mol. The van der Waals surface area contributed by atoms with Crippen LogP contribution in [0.4, 0.5) is 0 Å². The molecule has 0 aromatic rings. The molecule has 1 aliphatic heterocycles. The van der Waals surface area contributed by atoms with Crippen LogP contribution in [0.1, 0.15) is 32.1 Å². The number of likely N-dealkylation sites (tertiary alicyclic amines) is 1. The number of piperidine rings is 1. The summed E-state index contributed by atoms with van der Waals surface area (Å²) < 4.78 is 23.0. The fraction of sp³-hybridized carbons (Fsp3) is 0.818. The highest BCUT2D eigenvalue weighted by atomic mass is 31.2. The van der Waals surface area contributed by atoms with E-state index in [0.29, 0.717) is 19.5 Å². The van der Waals surface area contributed by atoms with E-state index in [9.17, 15) is 28.7 Å². The smallest absolute Gasteiger partial charge is 0.323 e. The molecule has 1 aliphatic carbocycles. The minimum Gasteiger partial charge on any atom is -0.323 e. The van der Waals surface area contributed by atoms with Gasteiger partial charge in [0.25, 0.3) is 0 Å². The first-order chi connectivity index (χ1) is 9.14. The van der Waals surface area contributed by atoms with Crippen molar-refractivity contribution >= 4 is 15.2 Å². The normalized spacial score (nSPS) is 29.2. The standard InChI is InChI=1S/C11H21NO6P2/c13-19(14,15)10(20(16,17)18)12-8-4-7-11(9-12)5-2-1-3-6-11/h1-2,10H,3-9H2,(H2,13,14,15)(H2,16,17,18). The Balaban J connectivity index is 2.24. The maximum atomic E-state index is 11.5. The summed E-state index contributed by atoms with van der Waals surface area (Å²) >= 11 is 0. The minimum atomic E-state index is -4.89. The van der Waals surface area contributed by atoms with Gasteiger partial charge in [0.05, 0.1) is 0 Å². The van der Waals surface area contributed by atoms with E-state index in [2.05, 4.69) is 12.2 Å². The molecule has 1 heterocycles. The molecule has 0 radical (unpaired) electrons. The SMILES string of the molecule is O=P(O)(O)C(N1CCCC2(CC=CCC2)C1)P(=O)(O)O. The molecule has 1 atom stereocenters. The van der Waals surface area contributed by atoms with Crippen LogP contribution in [0.25, 0.3) is 0 Å². The van der Waals surface area contributed by atoms with Crippen LogP contribution in [0.5, 0.6) is 0 Å². The molecular formula is C11H21NO6P2. The van der Waals surface area contributed by atoms with Gasteiger partial charge in [0.1, 0.15) is 0 Å². The Kier molecular flexibility index (Phi) is 4.63. The fourth-order valence-electron chi connectivity index (χ4n) is 3.38. The van der Waals surface area contributed by atoms with Gasteiger partial charge in [0, 0.05) is 6.54 Å². The zero-order valence-corrected chi connectivity index (χ0v) is 12.9. The zero-order chi connectivity index (χ0) is 15.0. The summed E-state index contributed by atoms with van der Waals surface area (Å²) in [7, 11) is -9.78. The molecular weight excluding hydrogens is 304 g/mol. The van der Waals surface area contributed by atoms with Gasteiger partial charge in [0.15, 0.2) is 0 Å². The molecule has 2 rings (SSSR count). The van der Waals surface area contributed by atoms with Crippen LogP contribution in [0.15, 0.2) is 12.2 Å². The Hall–Kier alpha value is -0.0000000000000000971. The van der Waals surface area contributed by atoms with Gasteiger partial charge in [0.2, 0.25) is 5.52 Å². The molecule has 20 heavy (non-hydrogen) atoms. The summed E-state index contributed by atoms with van der Waals surface area (Å²) in [6.45, 7) is 0.643. The Labute approximate surface area is 118 Å². The molecule has 0 aromatic heterocycles. The van der Waals surface area contributed by atoms with E-state index in [4.69, 9.17) is 0 Å². The van der Waals surface area contributed by atoms with Crippen LogP contribution in [0.3, 0.4) is 0 Å². The Bertz CT molecular complexity index is 461. The van der Waals surface area contributed by atoms with Crippen molar-refractivity contribution < 1.29 is 28.7 Å². The number of allylic oxidation sites excluding steroid dienone is 2. The van der Waals surface area contributed by atoms with Gasteiger partial charge in [-0.3, -0.25) is 14.0 Å². The Morgan fingerprint density at radius 2 is 1.70 bits per heavy atom. The van der Waals surface area contributed by atoms with Crippen molar-refractivity contribution in [3.05, 3.63) is 12.2 Å². The van der Waals surface area contributed by atoms with E-state index in [0.717, 1.165) is 25.7 Å². The highest BCUT2D eigenvalue weighted by molar-refractivity contribution is 7.70. The lowest BCUT2D eigenvalue weighted by Crippen LogP contribution is -2.48. The predicted octanol–water partition coefficient (Wildman–Crippen LogP) is 1.45. The van der Waals surface area contributed by atoms with E-state index in [1.807, 2.05) is 0 Å². The Morgan fingerprint density at radius 3 is 2.20 bits per heavy atom. The molecule has 2 aliphatic rings. The molecule has 116 valence electrons. The summed E-state index contributed by atoms with van der Waals surface area (Å²) in [5, 5.41) is 0. The summed E-state index contributed by atoms with van der Waals surface area (Å²) in [4.78, 5) is 38.6. The number of nitrogens with zero attached hydrogens (tertiary/aromatic N) is 1. The molecule has 0 saturated carbocycles. The van der Waals surface area contributed by atoms with Crippen LogP contribution in [-0.4, -0.2) is 43.1 Å². The van der Waals surface area contributed by atoms with Gasteiger partial charge in [-0.05, 0) is 44.1 Å². The first-order valence-corrected chi connectivity index (χ1v) is 10.00. The van der Waals surface area contributed by atoms with Crippen molar-refractivity contribution in [3.63, 3.8) is 0 Å². The minimum absolute atomic E-state index is 0.102. The van der Waals surface area contributed by atoms with E-state index in [-0.39, 0.29) is 5.41 Å². The van der Waals surface area contributed by atoms with Crippen LogP contribution < -0.4 is 0 Å². The summed E-state index contributed by atoms with van der Waals surface area (Å²) in [6.07, 6.45) is 8.37. The zero-order valence-electron chi connectivity index (χ0n) is 11.1. The van der Waals surface area contributed by atoms with Gasteiger partial charge in [-0.15, -0.1) is 0 Å². The molecule has 1 spiro atoms. The third-order valence-corrected chi connectivity index (χ3v) is 7.84. The van der Waals surface area contributed by atoms with Crippen molar-refractivity contribution in [3.8, 4) is 0 Å². The summed E-state index contributed by atoms with van der Waals surface area (Å²) in [5.41, 5.74) is -2.10. The van der Waals surface area contributed by atoms with Crippen molar-refractivity contribution in [1.29, 1.82) is 0 Å². The molecule has 1 unspecified atom stereocenters. The van der Waals surface area contributed by atoms with Crippen molar-refractivity contribution in [1.82, 2.24) is 4.90 Å². The number of hydrogen-bond donors (Lipinski definition) is 4. The molecule has 0 aromatic carbocycles. The quantitative estimate of drug-likeness (QED) is 0.458. The van der Waals surface area contributed by atoms with Crippen molar-refractivity contribution in [2.24, 2.45) is 5.41 Å². The summed E-state index contributed by atoms with van der Waals surface area (Å²) in [6, 6.07) is 0. The van der Waals surface area contributed by atoms with E-state index < -0.39 is 20.7 Å². The number of hydrogen-bond acceptors (Lipinski definition) is 3. The van der Waals surface area contributed by atoms with Gasteiger partial charge in [-0.1, -0.05) is 12.2 Å². The molecule has 9 heteroatoms. The van der Waals surface area contributed by atoms with Gasteiger partial charge in [-0.2, -0.15) is 0 Å². The number of rotatable bonds is 3. The topological polar surface area (TPSA) is 118 Å². The monoisotopic (exact) mass is 325 g/mol. The van der Waals surface area contributed by atoms with Gasteiger partial charge >= 0.3 is 15.2 Å². The van der Waals surface area contributed by atoms with E-state index in [1.165, 1.54) is 4.90 Å². The maximum absolute atomic E-state index is 11.5. The van der Waals surface area contributed by atoms with Crippen molar-refractivity contribution in [2.75, 3.05) is 13.1 Å². The fourth-order valence-corrected chi connectivity index (χ4v) is 6.19. The third-order valence-electron chi connectivity index (χ3n) is 4.18. The van der Waals surface area contributed by atoms with E-state index >= 15 is 0 Å². The molecule has 1 fully saturated rings. The van der Waals surface area contributed by atoms with Crippen LogP contribution in [0, 0.1) is 5.41 Å². The van der Waals surface area contributed by atoms with Crippen LogP contribution in [0.2, 0.25) is 0 Å². The summed E-state index contributed by atoms with van der Waals surface area (Å²) in [5.74, 6) is 0. The van der Waals surface area contributed by atoms with E-state index in [1.54, 1.807) is 0 Å². The second-order valence-corrected chi connectivity index (χ2v) is 9.55. The lowest BCUT2D eigenvalue weighted by Gasteiger charge is -2.46. The first kappa shape index (κ1) is 16.4. The average Bonchev–Trinajstić information content (AvgIpc) is 2.25. The first-order valence-electron chi connectivity index (χ1n) is 6.64. The second kappa shape index (κ2) is 5.65. The Morgan fingerprint density at radius 1 is 1.05 bits per heavy atom. The molecule has 0 amide bonds. The lowest BCUT2D eigenvalue weighted by molar-refractivity contribution is 0.0735. The van der Waals surface area contributed by atoms with Crippen LogP contribution in [-0.2, 0) is 9.13 Å². The highest BCUT2D eigenvalue weighted by Gasteiger charge is 2.50. The average molecular weight is 325 g/mol. The molecule has 0 bridgehead atoms. The van der Waals surface area contributed by atoms with Crippen LogP contribution >= 0.6 is 15.2 Å².